The fourth-order valence-corrected chi connectivity index (χ4v) is 11.5. The van der Waals surface area contributed by atoms with E-state index in [4.69, 9.17) is 28.4 Å². The molecule has 94 heavy (non-hydrogen) atoms. The van der Waals surface area contributed by atoms with Crippen molar-refractivity contribution < 1.29 is 89.4 Å². The molecular weight excluding hydrogens is 1200 g/mol. The number of ether oxygens (including phenoxy) is 6. The molecule has 0 saturated carbocycles. The Bertz CT molecular complexity index is 2130. The molecule has 0 bridgehead atoms. The van der Waals surface area contributed by atoms with Crippen LogP contribution in [0.25, 0.3) is 0 Å². The minimum Gasteiger partial charge on any atom is -0.394 e. The third-order valence-corrected chi connectivity index (χ3v) is 17.4. The lowest BCUT2D eigenvalue weighted by atomic mass is 9.96. The molecule has 0 aromatic rings. The lowest BCUT2D eigenvalue weighted by molar-refractivity contribution is -0.379. The molecule has 3 aliphatic heterocycles. The molecule has 0 spiro atoms. The molecule has 17 unspecified atom stereocenters. The summed E-state index contributed by atoms with van der Waals surface area (Å²) in [6, 6.07) is -0.891. The highest BCUT2D eigenvalue weighted by Gasteiger charge is 2.53. The highest BCUT2D eigenvalue weighted by molar-refractivity contribution is 5.76. The van der Waals surface area contributed by atoms with Crippen molar-refractivity contribution in [3.8, 4) is 0 Å². The minimum atomic E-state index is -1.97. The van der Waals surface area contributed by atoms with Crippen molar-refractivity contribution >= 4 is 5.91 Å². The van der Waals surface area contributed by atoms with E-state index in [0.29, 0.717) is 12.8 Å². The lowest BCUT2D eigenvalue weighted by Gasteiger charge is -2.48. The molecule has 19 nitrogen and oxygen atoms in total. The van der Waals surface area contributed by atoms with Crippen LogP contribution < -0.4 is 5.32 Å². The second-order valence-corrected chi connectivity index (χ2v) is 25.3. The molecular formula is C75H127NO18. The van der Waals surface area contributed by atoms with Gasteiger partial charge in [-0.1, -0.05) is 245 Å². The van der Waals surface area contributed by atoms with Crippen molar-refractivity contribution in [2.45, 2.75) is 330 Å². The number of carbonyl (C=O) groups is 1. The number of amides is 1. The zero-order valence-corrected chi connectivity index (χ0v) is 57.1. The molecule has 1 amide bonds. The first kappa shape index (κ1) is 84.7. The number of aliphatic hydroxyl groups is 11. The Morgan fingerprint density at radius 3 is 1.15 bits per heavy atom. The summed E-state index contributed by atoms with van der Waals surface area (Å²) in [6.07, 6.45) is 48.0. The summed E-state index contributed by atoms with van der Waals surface area (Å²) in [4.78, 5) is 13.4. The number of rotatable bonds is 54. The number of unbranched alkanes of at least 4 members (excludes halogenated alkanes) is 20. The molecule has 3 fully saturated rings. The van der Waals surface area contributed by atoms with E-state index in [0.717, 1.165) is 116 Å². The smallest absolute Gasteiger partial charge is 0.220 e. The topological polar surface area (TPSA) is 307 Å². The standard InChI is InChI=1S/C75H127NO18/c1-3-5-7-9-11-13-14-15-16-17-18-19-20-21-22-23-24-25-26-27-28-29-30-31-32-33-34-35-36-37-38-39-40-41-42-43-44-45-47-49-51-53-63(81)76-58(59(80)52-50-48-46-12-10-8-6-4-2)57-89-73-69(87)66(84)71(61(55-78)91-73)94-75-70(88)67(85)72(62(56-79)92-75)93-74-68(86)65(83)64(82)60(54-77)90-74/h5,7,11,13,15-16,18-19,21-22,24-25,27-28,30-31,33-34,58-62,64-75,77-80,82-88H,3-4,6,8-10,12,14,17,20,23,26,29,32,35-57H2,1-2H3,(H,76,81)/b7-5-,13-11-,16-15-,19-18-,22-21-,25-24-,28-27-,31-30-,34-33-. The van der Waals surface area contributed by atoms with Gasteiger partial charge in [0.05, 0.1) is 38.6 Å². The van der Waals surface area contributed by atoms with Gasteiger partial charge in [-0.15, -0.1) is 0 Å². The van der Waals surface area contributed by atoms with Crippen LogP contribution in [0.15, 0.2) is 109 Å². The van der Waals surface area contributed by atoms with Gasteiger partial charge in [0.25, 0.3) is 0 Å². The van der Waals surface area contributed by atoms with Crippen LogP contribution in [0, 0.1) is 0 Å². The van der Waals surface area contributed by atoms with E-state index in [1.807, 2.05) is 0 Å². The van der Waals surface area contributed by atoms with E-state index >= 15 is 0 Å². The van der Waals surface area contributed by atoms with Crippen LogP contribution in [0.2, 0.25) is 0 Å². The summed E-state index contributed by atoms with van der Waals surface area (Å²) in [7, 11) is 0. The predicted molar refractivity (Wildman–Crippen MR) is 369 cm³/mol. The van der Waals surface area contributed by atoms with Crippen molar-refractivity contribution in [3.63, 3.8) is 0 Å². The van der Waals surface area contributed by atoms with Gasteiger partial charge in [0.2, 0.25) is 5.91 Å². The van der Waals surface area contributed by atoms with Gasteiger partial charge >= 0.3 is 0 Å². The Balaban J connectivity index is 1.27. The van der Waals surface area contributed by atoms with Crippen molar-refractivity contribution in [3.05, 3.63) is 109 Å². The summed E-state index contributed by atoms with van der Waals surface area (Å²) in [6.45, 7) is 1.62. The molecule has 3 heterocycles. The molecule has 17 atom stereocenters. The van der Waals surface area contributed by atoms with Crippen LogP contribution in [0.4, 0.5) is 0 Å². The zero-order chi connectivity index (χ0) is 68.2. The summed E-state index contributed by atoms with van der Waals surface area (Å²) < 4.78 is 34.3. The van der Waals surface area contributed by atoms with Gasteiger partial charge in [0.15, 0.2) is 18.9 Å². The van der Waals surface area contributed by atoms with Crippen molar-refractivity contribution in [1.82, 2.24) is 5.32 Å². The number of hydrogen-bond donors (Lipinski definition) is 12. The Labute approximate surface area is 564 Å². The molecule has 12 N–H and O–H groups in total. The molecule has 0 aromatic heterocycles. The summed E-state index contributed by atoms with van der Waals surface area (Å²) in [5, 5.41) is 120. The minimum absolute atomic E-state index is 0.252. The van der Waals surface area contributed by atoms with Crippen LogP contribution in [-0.4, -0.2) is 193 Å². The number of allylic oxidation sites excluding steroid dienone is 18. The Morgan fingerprint density at radius 1 is 0.394 bits per heavy atom. The highest BCUT2D eigenvalue weighted by atomic mass is 16.8. The van der Waals surface area contributed by atoms with Crippen molar-refractivity contribution in [2.75, 3.05) is 26.4 Å². The van der Waals surface area contributed by atoms with Gasteiger partial charge < -0.3 is 89.9 Å². The highest BCUT2D eigenvalue weighted by Crippen LogP contribution is 2.33. The van der Waals surface area contributed by atoms with Crippen molar-refractivity contribution in [2.24, 2.45) is 0 Å². The second kappa shape index (κ2) is 55.3. The van der Waals surface area contributed by atoms with Gasteiger partial charge in [-0.05, 0) is 83.5 Å². The van der Waals surface area contributed by atoms with E-state index < -0.39 is 124 Å². The van der Waals surface area contributed by atoms with E-state index in [1.54, 1.807) is 0 Å². The van der Waals surface area contributed by atoms with Crippen molar-refractivity contribution in [1.29, 1.82) is 0 Å². The van der Waals surface area contributed by atoms with Crippen LogP contribution >= 0.6 is 0 Å². The molecule has 19 heteroatoms. The molecule has 3 rings (SSSR count). The zero-order valence-electron chi connectivity index (χ0n) is 57.1. The van der Waals surface area contributed by atoms with Crippen LogP contribution in [0.5, 0.6) is 0 Å². The van der Waals surface area contributed by atoms with E-state index in [9.17, 15) is 61.0 Å². The molecule has 3 aliphatic rings. The quantitative estimate of drug-likeness (QED) is 0.0199. The molecule has 0 radical (unpaired) electrons. The maximum absolute atomic E-state index is 13.4. The van der Waals surface area contributed by atoms with Crippen LogP contribution in [0.3, 0.4) is 0 Å². The molecule has 540 valence electrons. The van der Waals surface area contributed by atoms with E-state index in [1.165, 1.54) is 77.0 Å². The third-order valence-electron chi connectivity index (χ3n) is 17.4. The van der Waals surface area contributed by atoms with Gasteiger partial charge in [-0.2, -0.15) is 0 Å². The van der Waals surface area contributed by atoms with Gasteiger partial charge in [0, 0.05) is 6.42 Å². The second-order valence-electron chi connectivity index (χ2n) is 25.3. The Morgan fingerprint density at radius 2 is 0.734 bits per heavy atom. The fourth-order valence-electron chi connectivity index (χ4n) is 11.5. The number of hydrogen-bond acceptors (Lipinski definition) is 18. The largest absolute Gasteiger partial charge is 0.394 e. The average Bonchev–Trinajstić information content (AvgIpc) is 0.834. The maximum atomic E-state index is 13.4. The third kappa shape index (κ3) is 36.3. The summed E-state index contributed by atoms with van der Waals surface area (Å²) in [5.41, 5.74) is 0. The maximum Gasteiger partial charge on any atom is 0.220 e. The monoisotopic (exact) mass is 1330 g/mol. The number of aliphatic hydroxyl groups excluding tert-OH is 11. The first-order valence-corrected chi connectivity index (χ1v) is 36.1. The predicted octanol–water partition coefficient (Wildman–Crippen LogP) is 10.2. The Hall–Kier alpha value is -3.55. The first-order chi connectivity index (χ1) is 45.8. The Kier molecular flexibility index (Phi) is 49.9. The molecule has 0 aliphatic carbocycles. The van der Waals surface area contributed by atoms with Crippen LogP contribution in [0.1, 0.15) is 226 Å². The number of carbonyl (C=O) groups excluding carboxylic acids is 1. The summed E-state index contributed by atoms with van der Waals surface area (Å²) in [5.74, 6) is -0.252. The fraction of sp³-hybridized carbons (Fsp3) is 0.747. The normalized spacial score (nSPS) is 28.0. The van der Waals surface area contributed by atoms with Gasteiger partial charge in [0.1, 0.15) is 73.2 Å². The first-order valence-electron chi connectivity index (χ1n) is 36.1. The summed E-state index contributed by atoms with van der Waals surface area (Å²) >= 11 is 0. The lowest BCUT2D eigenvalue weighted by Crippen LogP contribution is -2.66. The molecule has 0 aromatic carbocycles. The SMILES string of the molecule is CC/C=C\C/C=C\C/C=C\C/C=C\C/C=C\C/C=C\C/C=C\C/C=C\C/C=C\CCCCCCCCCCCCCCCC(=O)NC(COC1OC(CO)C(OC2OC(CO)C(OC3OC(CO)C(O)C(O)C3O)C(O)C2O)C(O)C1O)C(O)CCCCCCCCCC. The van der Waals surface area contributed by atoms with E-state index in [2.05, 4.69) is 129 Å². The van der Waals surface area contributed by atoms with Crippen LogP contribution in [-0.2, 0) is 33.2 Å². The average molecular weight is 1330 g/mol. The van der Waals surface area contributed by atoms with Gasteiger partial charge in [-0.3, -0.25) is 4.79 Å². The van der Waals surface area contributed by atoms with Gasteiger partial charge in [-0.25, -0.2) is 0 Å². The number of nitrogens with one attached hydrogen (secondary N) is 1. The molecule has 3 saturated heterocycles. The van der Waals surface area contributed by atoms with E-state index in [-0.39, 0.29) is 18.9 Å².